The van der Waals surface area contributed by atoms with Gasteiger partial charge in [0.15, 0.2) is 0 Å². The van der Waals surface area contributed by atoms with Crippen molar-refractivity contribution in [1.82, 2.24) is 0 Å². The Morgan fingerprint density at radius 3 is 2.46 bits per heavy atom. The second kappa shape index (κ2) is 3.65. The molecule has 13 heavy (non-hydrogen) atoms. The minimum Gasteiger partial charge on any atom is -0.262 e. The summed E-state index contributed by atoms with van der Waals surface area (Å²) in [6.45, 7) is 0. The molecule has 1 rings (SSSR count). The molecular formula is C6H3Cl4NO2. The third-order valence-electron chi connectivity index (χ3n) is 1.52. The van der Waals surface area contributed by atoms with Crippen LogP contribution in [0.25, 0.3) is 0 Å². The first-order chi connectivity index (χ1) is 5.88. The first-order valence-electron chi connectivity index (χ1n) is 3.11. The summed E-state index contributed by atoms with van der Waals surface area (Å²) in [6, 6.07) is 0. The third-order valence-corrected chi connectivity index (χ3v) is 3.31. The molecule has 0 spiro atoms. The van der Waals surface area contributed by atoms with E-state index in [1.165, 1.54) is 6.08 Å². The van der Waals surface area contributed by atoms with Crippen LogP contribution < -0.4 is 0 Å². The van der Waals surface area contributed by atoms with E-state index in [0.717, 1.165) is 6.08 Å². The maximum Gasteiger partial charge on any atom is 0.334 e. The zero-order valence-electron chi connectivity index (χ0n) is 6.01. The highest BCUT2D eigenvalue weighted by atomic mass is 35.5. The van der Waals surface area contributed by atoms with Crippen molar-refractivity contribution in [1.29, 1.82) is 0 Å². The lowest BCUT2D eigenvalue weighted by Gasteiger charge is -2.21. The van der Waals surface area contributed by atoms with Gasteiger partial charge < -0.3 is 0 Å². The number of allylic oxidation sites excluding steroid dienone is 2. The fourth-order valence-electron chi connectivity index (χ4n) is 0.805. The first-order valence-corrected chi connectivity index (χ1v) is 4.68. The van der Waals surface area contributed by atoms with E-state index in [1.807, 2.05) is 0 Å². The Hall–Kier alpha value is 0.0400. The Bertz CT molecular complexity index is 314. The van der Waals surface area contributed by atoms with Crippen molar-refractivity contribution in [2.45, 2.75) is 10.4 Å². The molecule has 0 N–H and O–H groups in total. The van der Waals surface area contributed by atoms with Gasteiger partial charge >= 0.3 is 5.00 Å². The number of hydrogen-bond acceptors (Lipinski definition) is 2. The molecule has 0 saturated heterocycles. The molecule has 1 aliphatic carbocycles. The van der Waals surface area contributed by atoms with Gasteiger partial charge in [-0.25, -0.2) is 0 Å². The van der Waals surface area contributed by atoms with Crippen LogP contribution in [-0.4, -0.2) is 15.3 Å². The van der Waals surface area contributed by atoms with Gasteiger partial charge in [-0.1, -0.05) is 23.2 Å². The van der Waals surface area contributed by atoms with Crippen molar-refractivity contribution in [3.8, 4) is 0 Å². The van der Waals surface area contributed by atoms with Crippen molar-refractivity contribution < 1.29 is 4.92 Å². The van der Waals surface area contributed by atoms with Gasteiger partial charge in [-0.2, -0.15) is 0 Å². The zero-order valence-corrected chi connectivity index (χ0v) is 9.03. The largest absolute Gasteiger partial charge is 0.334 e. The molecule has 0 aromatic carbocycles. The summed E-state index contributed by atoms with van der Waals surface area (Å²) in [5.41, 5.74) is 0. The predicted molar refractivity (Wildman–Crippen MR) is 53.1 cm³/mol. The summed E-state index contributed by atoms with van der Waals surface area (Å²) in [7, 11) is 0. The molecule has 1 aliphatic rings. The number of hydrogen-bond donors (Lipinski definition) is 0. The maximum atomic E-state index is 10.6. The summed E-state index contributed by atoms with van der Waals surface area (Å²) in [5, 5.41) is 9.74. The van der Waals surface area contributed by atoms with Crippen LogP contribution in [-0.2, 0) is 0 Å². The molecule has 0 fully saturated rings. The van der Waals surface area contributed by atoms with Crippen molar-refractivity contribution in [3.63, 3.8) is 0 Å². The Morgan fingerprint density at radius 1 is 1.46 bits per heavy atom. The smallest absolute Gasteiger partial charge is 0.262 e. The molecule has 0 bridgehead atoms. The van der Waals surface area contributed by atoms with Crippen LogP contribution in [0.5, 0.6) is 0 Å². The summed E-state index contributed by atoms with van der Waals surface area (Å²) >= 11 is 22.4. The second-order valence-electron chi connectivity index (χ2n) is 2.39. The van der Waals surface area contributed by atoms with Gasteiger partial charge in [0.05, 0.1) is 10.1 Å². The molecule has 0 aliphatic heterocycles. The van der Waals surface area contributed by atoms with Crippen molar-refractivity contribution in [3.05, 3.63) is 32.3 Å². The molecule has 2 unspecified atom stereocenters. The number of nitrogens with zero attached hydrogens (tertiary/aromatic N) is 1. The number of alkyl halides is 2. The molecule has 3 nitrogen and oxygen atoms in total. The van der Waals surface area contributed by atoms with Gasteiger partial charge in [0, 0.05) is 11.0 Å². The summed E-state index contributed by atoms with van der Waals surface area (Å²) in [6.07, 6.45) is 2.26. The summed E-state index contributed by atoms with van der Waals surface area (Å²) in [5.74, 6) is 0. The molecule has 0 radical (unpaired) electrons. The van der Waals surface area contributed by atoms with Crippen LogP contribution in [0.2, 0.25) is 0 Å². The van der Waals surface area contributed by atoms with Crippen LogP contribution in [0.15, 0.2) is 22.2 Å². The molecule has 7 heteroatoms. The highest BCUT2D eigenvalue weighted by Gasteiger charge is 2.48. The highest BCUT2D eigenvalue weighted by molar-refractivity contribution is 6.46. The lowest BCUT2D eigenvalue weighted by Crippen LogP contribution is -2.40. The van der Waals surface area contributed by atoms with Crippen LogP contribution in [0.3, 0.4) is 0 Å². The normalized spacial score (nSPS) is 33.7. The Morgan fingerprint density at radius 2 is 2.00 bits per heavy atom. The summed E-state index contributed by atoms with van der Waals surface area (Å²) in [4.78, 5) is 7.93. The average Bonchev–Trinajstić information content (AvgIpc) is 2.01. The minimum absolute atomic E-state index is 0.0327. The topological polar surface area (TPSA) is 43.1 Å². The average molecular weight is 263 g/mol. The molecule has 0 saturated carbocycles. The van der Waals surface area contributed by atoms with E-state index < -0.39 is 15.3 Å². The van der Waals surface area contributed by atoms with E-state index in [-0.39, 0.29) is 10.1 Å². The molecule has 2 atom stereocenters. The lowest BCUT2D eigenvalue weighted by atomic mass is 10.1. The Labute approximate surface area is 94.0 Å². The summed E-state index contributed by atoms with van der Waals surface area (Å²) < 4.78 is 0. The van der Waals surface area contributed by atoms with E-state index >= 15 is 0 Å². The van der Waals surface area contributed by atoms with Gasteiger partial charge in [-0.3, -0.25) is 10.1 Å². The lowest BCUT2D eigenvalue weighted by molar-refractivity contribution is -0.526. The van der Waals surface area contributed by atoms with E-state index in [4.69, 9.17) is 46.4 Å². The van der Waals surface area contributed by atoms with E-state index in [1.54, 1.807) is 0 Å². The third kappa shape index (κ3) is 1.94. The van der Waals surface area contributed by atoms with Gasteiger partial charge in [-0.15, -0.1) is 11.6 Å². The van der Waals surface area contributed by atoms with Crippen molar-refractivity contribution in [2.75, 3.05) is 0 Å². The quantitative estimate of drug-likeness (QED) is 0.316. The fourth-order valence-corrected chi connectivity index (χ4v) is 1.78. The van der Waals surface area contributed by atoms with Crippen LogP contribution in [0.4, 0.5) is 0 Å². The molecule has 0 heterocycles. The van der Waals surface area contributed by atoms with Gasteiger partial charge in [0.1, 0.15) is 5.38 Å². The van der Waals surface area contributed by atoms with Crippen molar-refractivity contribution in [2.24, 2.45) is 0 Å². The molecular weight excluding hydrogens is 260 g/mol. The molecule has 0 aromatic heterocycles. The van der Waals surface area contributed by atoms with E-state index in [9.17, 15) is 10.1 Å². The number of nitro groups is 1. The van der Waals surface area contributed by atoms with Gasteiger partial charge in [-0.05, 0) is 17.7 Å². The van der Waals surface area contributed by atoms with Crippen LogP contribution in [0, 0.1) is 10.1 Å². The fraction of sp³-hybridized carbons (Fsp3) is 0.333. The second-order valence-corrected chi connectivity index (χ2v) is 4.28. The Balaban J connectivity index is 3.12. The molecule has 72 valence electrons. The van der Waals surface area contributed by atoms with Crippen LogP contribution in [0.1, 0.15) is 0 Å². The Kier molecular flexibility index (Phi) is 3.12. The van der Waals surface area contributed by atoms with E-state index in [2.05, 4.69) is 0 Å². The monoisotopic (exact) mass is 261 g/mol. The standard InChI is InChI=1S/C6H3Cl4NO2/c7-3-1-5(9)6(10,11(12)13)2-4(3)8/h1-2,5H. The van der Waals surface area contributed by atoms with E-state index in [0.29, 0.717) is 0 Å². The predicted octanol–water partition coefficient (Wildman–Crippen LogP) is 3.06. The highest BCUT2D eigenvalue weighted by Crippen LogP contribution is 2.38. The zero-order chi connectivity index (χ0) is 10.2. The van der Waals surface area contributed by atoms with Crippen molar-refractivity contribution >= 4 is 46.4 Å². The molecule has 0 amide bonds. The number of halogens is 4. The van der Waals surface area contributed by atoms with Crippen LogP contribution >= 0.6 is 46.4 Å². The first kappa shape index (κ1) is 11.1. The number of rotatable bonds is 1. The molecule has 0 aromatic rings. The minimum atomic E-state index is -1.91. The maximum absolute atomic E-state index is 10.6. The SMILES string of the molecule is O=[N+]([O-])C1(Cl)C=C(Cl)C(Cl)=CC1Cl. The van der Waals surface area contributed by atoms with Gasteiger partial charge in [0.25, 0.3) is 0 Å². The van der Waals surface area contributed by atoms with Gasteiger partial charge in [0.2, 0.25) is 0 Å².